The maximum Gasteiger partial charge on any atom is 0.328 e. The van der Waals surface area contributed by atoms with E-state index in [9.17, 15) is 19.2 Å². The summed E-state index contributed by atoms with van der Waals surface area (Å²) in [6, 6.07) is 8.07. The number of amides is 5. The number of hydrogen-bond donors (Lipinski definition) is 2. The monoisotopic (exact) mass is 426 g/mol. The van der Waals surface area contributed by atoms with Gasteiger partial charge in [0, 0.05) is 19.5 Å². The first-order valence-corrected chi connectivity index (χ1v) is 11.3. The van der Waals surface area contributed by atoms with Crippen LogP contribution in [0, 0.1) is 0 Å². The average molecular weight is 427 g/mol. The van der Waals surface area contributed by atoms with Crippen molar-refractivity contribution in [2.24, 2.45) is 0 Å². The van der Waals surface area contributed by atoms with Crippen LogP contribution in [-0.2, 0) is 19.9 Å². The van der Waals surface area contributed by atoms with E-state index in [1.807, 2.05) is 15.9 Å². The summed E-state index contributed by atoms with van der Waals surface area (Å²) in [5, 5.41) is 4.65. The summed E-state index contributed by atoms with van der Waals surface area (Å²) in [6.07, 6.45) is 7.49. The van der Waals surface area contributed by atoms with Crippen molar-refractivity contribution in [3.8, 4) is 0 Å². The molecule has 31 heavy (non-hydrogen) atoms. The summed E-state index contributed by atoms with van der Waals surface area (Å²) in [6.45, 7) is 1.10. The van der Waals surface area contributed by atoms with Crippen molar-refractivity contribution in [3.63, 3.8) is 0 Å². The molecule has 166 valence electrons. The number of nitrogens with zero attached hydrogens (tertiary/aromatic N) is 2. The maximum atomic E-state index is 13.5. The molecule has 0 radical (unpaired) electrons. The van der Waals surface area contributed by atoms with Crippen molar-refractivity contribution in [3.05, 3.63) is 35.9 Å². The number of urea groups is 1. The normalized spacial score (nSPS) is 25.8. The molecule has 3 aliphatic rings. The summed E-state index contributed by atoms with van der Waals surface area (Å²) in [4.78, 5) is 55.5. The molecule has 1 aromatic carbocycles. The molecule has 4 rings (SSSR count). The number of barbiturate groups is 1. The first-order valence-electron chi connectivity index (χ1n) is 11.3. The minimum absolute atomic E-state index is 0.0661. The van der Waals surface area contributed by atoms with Crippen LogP contribution in [0.25, 0.3) is 0 Å². The Labute approximate surface area is 182 Å². The van der Waals surface area contributed by atoms with Crippen molar-refractivity contribution in [2.45, 2.75) is 69.5 Å². The second kappa shape index (κ2) is 9.18. The minimum Gasteiger partial charge on any atom is -0.327 e. The van der Waals surface area contributed by atoms with Gasteiger partial charge in [-0.1, -0.05) is 56.0 Å². The van der Waals surface area contributed by atoms with Crippen LogP contribution in [0.4, 0.5) is 4.79 Å². The molecule has 0 saturated carbocycles. The summed E-state index contributed by atoms with van der Waals surface area (Å²) in [5.74, 6) is -1.24. The molecule has 2 N–H and O–H groups in total. The third kappa shape index (κ3) is 3.96. The van der Waals surface area contributed by atoms with Gasteiger partial charge in [0.15, 0.2) is 0 Å². The third-order valence-electron chi connectivity index (χ3n) is 6.67. The lowest BCUT2D eigenvalue weighted by molar-refractivity contribution is -0.163. The summed E-state index contributed by atoms with van der Waals surface area (Å²) < 4.78 is 0. The van der Waals surface area contributed by atoms with E-state index in [2.05, 4.69) is 10.6 Å². The van der Waals surface area contributed by atoms with Gasteiger partial charge in [-0.15, -0.1) is 0 Å². The minimum atomic E-state index is -1.70. The van der Waals surface area contributed by atoms with E-state index >= 15 is 0 Å². The fraction of sp³-hybridized carbons (Fsp3) is 0.565. The smallest absolute Gasteiger partial charge is 0.327 e. The molecular formula is C23H30N4O4. The number of imide groups is 2. The zero-order valence-corrected chi connectivity index (χ0v) is 17.8. The third-order valence-corrected chi connectivity index (χ3v) is 6.67. The molecule has 8 nitrogen and oxygen atoms in total. The molecule has 3 aliphatic heterocycles. The highest BCUT2D eigenvalue weighted by Crippen LogP contribution is 2.37. The average Bonchev–Trinajstić information content (AvgIpc) is 2.80. The van der Waals surface area contributed by atoms with Gasteiger partial charge in [-0.3, -0.25) is 29.9 Å². The summed E-state index contributed by atoms with van der Waals surface area (Å²) >= 11 is 0. The first kappa shape index (κ1) is 21.5. The Hall–Kier alpha value is -2.74. The first-order chi connectivity index (χ1) is 15.0. The van der Waals surface area contributed by atoms with E-state index in [-0.39, 0.29) is 12.1 Å². The number of nitrogens with one attached hydrogen (secondary N) is 2. The van der Waals surface area contributed by atoms with Crippen LogP contribution in [0.2, 0.25) is 0 Å². The fourth-order valence-electron chi connectivity index (χ4n) is 5.20. The molecule has 1 atom stereocenters. The van der Waals surface area contributed by atoms with Crippen LogP contribution in [0.3, 0.4) is 0 Å². The van der Waals surface area contributed by atoms with E-state index < -0.39 is 23.4 Å². The van der Waals surface area contributed by atoms with Gasteiger partial charge in [0.25, 0.3) is 11.8 Å². The van der Waals surface area contributed by atoms with Crippen molar-refractivity contribution >= 4 is 23.8 Å². The van der Waals surface area contributed by atoms with Gasteiger partial charge in [-0.2, -0.15) is 0 Å². The predicted octanol–water partition coefficient (Wildman–Crippen LogP) is 2.24. The summed E-state index contributed by atoms with van der Waals surface area (Å²) in [5.41, 5.74) is -1.20. The van der Waals surface area contributed by atoms with Gasteiger partial charge in [-0.25, -0.2) is 4.79 Å². The van der Waals surface area contributed by atoms with Gasteiger partial charge in [0.05, 0.1) is 6.17 Å². The molecule has 0 aliphatic carbocycles. The van der Waals surface area contributed by atoms with Crippen molar-refractivity contribution in [1.82, 2.24) is 20.4 Å². The lowest BCUT2D eigenvalue weighted by atomic mass is 9.82. The van der Waals surface area contributed by atoms with Crippen molar-refractivity contribution in [2.75, 3.05) is 13.1 Å². The standard InChI is InChI=1S/C23H30N4O4/c28-19-14-10-13-18-26(19)15-8-3-1-2-4-9-16-27(18)23(17-11-6-5-7-12-17)20(29)24-22(31)25-21(23)30/h5-7,11-12,18H,1-4,8-10,13-16H2,(H2,24,25,29,30,31). The van der Waals surface area contributed by atoms with Crippen LogP contribution in [0.5, 0.6) is 0 Å². The zero-order valence-electron chi connectivity index (χ0n) is 17.8. The quantitative estimate of drug-likeness (QED) is 0.707. The number of piperidine rings is 1. The van der Waals surface area contributed by atoms with Gasteiger partial charge in [0.1, 0.15) is 0 Å². The van der Waals surface area contributed by atoms with Gasteiger partial charge in [0.2, 0.25) is 11.4 Å². The van der Waals surface area contributed by atoms with Crippen LogP contribution in [0.15, 0.2) is 30.3 Å². The second-order valence-corrected chi connectivity index (χ2v) is 8.59. The Balaban J connectivity index is 1.85. The highest BCUT2D eigenvalue weighted by molar-refractivity contribution is 6.22. The van der Waals surface area contributed by atoms with Crippen LogP contribution >= 0.6 is 0 Å². The lowest BCUT2D eigenvalue weighted by Crippen LogP contribution is -2.74. The molecule has 1 unspecified atom stereocenters. The van der Waals surface area contributed by atoms with Gasteiger partial charge < -0.3 is 4.90 Å². The SMILES string of the molecule is O=C1NC(=O)C(c2ccccc2)(N2CCCCCCCCN3C(=O)CCCC32)C(=O)N1. The van der Waals surface area contributed by atoms with Gasteiger partial charge in [-0.05, 0) is 31.2 Å². The Morgan fingerprint density at radius 1 is 0.774 bits per heavy atom. The molecule has 0 aromatic heterocycles. The Morgan fingerprint density at radius 2 is 1.39 bits per heavy atom. The van der Waals surface area contributed by atoms with Gasteiger partial charge >= 0.3 is 6.03 Å². The van der Waals surface area contributed by atoms with E-state index in [1.165, 1.54) is 0 Å². The summed E-state index contributed by atoms with van der Waals surface area (Å²) in [7, 11) is 0. The fourth-order valence-corrected chi connectivity index (χ4v) is 5.20. The molecule has 1 aromatic rings. The molecule has 0 bridgehead atoms. The Morgan fingerprint density at radius 3 is 2.06 bits per heavy atom. The van der Waals surface area contributed by atoms with E-state index in [0.717, 1.165) is 38.5 Å². The van der Waals surface area contributed by atoms with E-state index in [4.69, 9.17) is 0 Å². The topological polar surface area (TPSA) is 98.8 Å². The number of carbonyl (C=O) groups excluding carboxylic acids is 4. The number of carbonyl (C=O) groups is 4. The van der Waals surface area contributed by atoms with Crippen LogP contribution in [-0.4, -0.2) is 52.8 Å². The molecule has 3 fully saturated rings. The number of rotatable bonds is 2. The lowest BCUT2D eigenvalue weighted by Gasteiger charge is -2.51. The Kier molecular flexibility index (Phi) is 6.36. The largest absolute Gasteiger partial charge is 0.328 e. The number of benzene rings is 1. The predicted molar refractivity (Wildman–Crippen MR) is 114 cm³/mol. The highest BCUT2D eigenvalue weighted by Gasteiger charge is 2.58. The van der Waals surface area contributed by atoms with E-state index in [0.29, 0.717) is 37.9 Å². The van der Waals surface area contributed by atoms with Crippen LogP contribution in [0.1, 0.15) is 63.4 Å². The van der Waals surface area contributed by atoms with Crippen LogP contribution < -0.4 is 10.6 Å². The molecule has 5 amide bonds. The highest BCUT2D eigenvalue weighted by atomic mass is 16.2. The second-order valence-electron chi connectivity index (χ2n) is 8.59. The molecular weight excluding hydrogens is 396 g/mol. The number of hydrogen-bond acceptors (Lipinski definition) is 5. The van der Waals surface area contributed by atoms with E-state index in [1.54, 1.807) is 24.3 Å². The molecule has 0 spiro atoms. The van der Waals surface area contributed by atoms with Crippen molar-refractivity contribution in [1.29, 1.82) is 0 Å². The maximum absolute atomic E-state index is 13.5. The number of fused-ring (bicyclic) bond motifs is 1. The zero-order chi connectivity index (χ0) is 21.8. The molecule has 3 saturated heterocycles. The molecule has 8 heteroatoms. The molecule has 3 heterocycles. The van der Waals surface area contributed by atoms with Crippen molar-refractivity contribution < 1.29 is 19.2 Å². The Bertz CT molecular complexity index is 836.